The quantitative estimate of drug-likeness (QED) is 0.523. The van der Waals surface area contributed by atoms with Crippen LogP contribution in [0.3, 0.4) is 0 Å². The van der Waals surface area contributed by atoms with Crippen LogP contribution < -0.4 is 4.74 Å². The molecule has 0 amide bonds. The van der Waals surface area contributed by atoms with E-state index in [9.17, 15) is 22.0 Å². The molecule has 0 saturated heterocycles. The summed E-state index contributed by atoms with van der Waals surface area (Å²) in [6.45, 7) is 2.07. The van der Waals surface area contributed by atoms with Gasteiger partial charge in [0.05, 0.1) is 0 Å². The van der Waals surface area contributed by atoms with Gasteiger partial charge in [0, 0.05) is 5.56 Å². The summed E-state index contributed by atoms with van der Waals surface area (Å²) in [4.78, 5) is 0. The van der Waals surface area contributed by atoms with E-state index in [1.807, 2.05) is 6.07 Å². The lowest BCUT2D eigenvalue weighted by molar-refractivity contribution is -0.275. The average Bonchev–Trinajstić information content (AvgIpc) is 2.61. The molecule has 0 saturated carbocycles. The number of unbranched alkanes of at least 4 members (excludes halogenated alkanes) is 1. The molecule has 3 rings (SSSR count). The molecule has 0 atom stereocenters. The molecular formula is C21H19F5O. The van der Waals surface area contributed by atoms with E-state index < -0.39 is 17.9 Å². The van der Waals surface area contributed by atoms with Crippen molar-refractivity contribution in [2.24, 2.45) is 0 Å². The maximum atomic E-state index is 14.5. The van der Waals surface area contributed by atoms with Crippen LogP contribution in [-0.2, 0) is 12.8 Å². The maximum Gasteiger partial charge on any atom is 0.573 e. The number of ether oxygens (including phenoxy) is 1. The number of benzene rings is 2. The number of rotatable bonds is 5. The van der Waals surface area contributed by atoms with Gasteiger partial charge < -0.3 is 4.74 Å². The van der Waals surface area contributed by atoms with Gasteiger partial charge in [-0.15, -0.1) is 13.2 Å². The van der Waals surface area contributed by atoms with Crippen LogP contribution in [-0.4, -0.2) is 6.36 Å². The van der Waals surface area contributed by atoms with Crippen molar-refractivity contribution in [3.63, 3.8) is 0 Å². The largest absolute Gasteiger partial charge is 0.573 e. The first-order chi connectivity index (χ1) is 12.8. The summed E-state index contributed by atoms with van der Waals surface area (Å²) in [7, 11) is 0. The Labute approximate surface area is 154 Å². The van der Waals surface area contributed by atoms with Crippen LogP contribution in [0.25, 0.3) is 11.6 Å². The molecule has 0 aromatic heterocycles. The number of fused-ring (bicyclic) bond motifs is 1. The minimum Gasteiger partial charge on any atom is -0.403 e. The molecule has 27 heavy (non-hydrogen) atoms. The molecule has 1 nitrogen and oxygen atoms in total. The molecule has 0 spiro atoms. The van der Waals surface area contributed by atoms with Crippen molar-refractivity contribution in [1.29, 1.82) is 0 Å². The SMILES string of the molecule is CCCCc1ccc(C2=Cc3ccc(OC(F)(F)F)c(F)c3CC2)c(F)c1. The van der Waals surface area contributed by atoms with E-state index in [-0.39, 0.29) is 17.8 Å². The Morgan fingerprint density at radius 1 is 1.04 bits per heavy atom. The summed E-state index contributed by atoms with van der Waals surface area (Å²) in [5, 5.41) is 0. The molecule has 1 aliphatic carbocycles. The number of alkyl halides is 3. The third-order valence-corrected chi connectivity index (χ3v) is 4.64. The molecule has 1 aliphatic rings. The fourth-order valence-corrected chi connectivity index (χ4v) is 3.29. The Morgan fingerprint density at radius 2 is 1.81 bits per heavy atom. The zero-order valence-electron chi connectivity index (χ0n) is 14.8. The van der Waals surface area contributed by atoms with Crippen molar-refractivity contribution < 1.29 is 26.7 Å². The van der Waals surface area contributed by atoms with E-state index in [1.165, 1.54) is 12.1 Å². The normalized spacial score (nSPS) is 13.9. The molecule has 2 aromatic rings. The third kappa shape index (κ3) is 4.49. The lowest BCUT2D eigenvalue weighted by Gasteiger charge is -2.20. The molecule has 6 heteroatoms. The highest BCUT2D eigenvalue weighted by Crippen LogP contribution is 2.37. The zero-order valence-corrected chi connectivity index (χ0v) is 14.8. The molecule has 0 aliphatic heterocycles. The van der Waals surface area contributed by atoms with Gasteiger partial charge in [0.1, 0.15) is 5.82 Å². The smallest absolute Gasteiger partial charge is 0.403 e. The highest BCUT2D eigenvalue weighted by Gasteiger charge is 2.33. The van der Waals surface area contributed by atoms with Crippen molar-refractivity contribution in [3.05, 3.63) is 64.2 Å². The standard InChI is InChI=1S/C21H19F5O/c1-2-3-4-13-5-8-16(18(22)11-13)14-6-9-17-15(12-14)7-10-19(20(17)23)27-21(24,25)26/h5,7-8,10-12H,2-4,6,9H2,1H3. The minimum absolute atomic E-state index is 0.153. The van der Waals surface area contributed by atoms with Crippen LogP contribution in [0, 0.1) is 11.6 Å². The number of hydrogen-bond acceptors (Lipinski definition) is 1. The van der Waals surface area contributed by atoms with Gasteiger partial charge in [-0.25, -0.2) is 8.78 Å². The molecule has 0 heterocycles. The van der Waals surface area contributed by atoms with Gasteiger partial charge >= 0.3 is 6.36 Å². The second-order valence-electron chi connectivity index (χ2n) is 6.58. The van der Waals surface area contributed by atoms with Gasteiger partial charge in [0.2, 0.25) is 0 Å². The van der Waals surface area contributed by atoms with Crippen molar-refractivity contribution in [2.45, 2.75) is 45.4 Å². The Morgan fingerprint density at radius 3 is 2.48 bits per heavy atom. The molecule has 2 aromatic carbocycles. The van der Waals surface area contributed by atoms with Crippen LogP contribution in [0.4, 0.5) is 22.0 Å². The molecular weight excluding hydrogens is 363 g/mol. The lowest BCUT2D eigenvalue weighted by Crippen LogP contribution is -2.18. The number of hydrogen-bond donors (Lipinski definition) is 0. The fourth-order valence-electron chi connectivity index (χ4n) is 3.29. The van der Waals surface area contributed by atoms with E-state index in [0.717, 1.165) is 30.9 Å². The summed E-state index contributed by atoms with van der Waals surface area (Å²) in [6, 6.07) is 7.43. The minimum atomic E-state index is -4.95. The van der Waals surface area contributed by atoms with Gasteiger partial charge in [0.25, 0.3) is 0 Å². The Balaban J connectivity index is 1.89. The summed E-state index contributed by atoms with van der Waals surface area (Å²) >= 11 is 0. The van der Waals surface area contributed by atoms with Crippen LogP contribution in [0.15, 0.2) is 30.3 Å². The molecule has 0 radical (unpaired) electrons. The monoisotopic (exact) mass is 382 g/mol. The molecule has 0 unspecified atom stereocenters. The third-order valence-electron chi connectivity index (χ3n) is 4.64. The highest BCUT2D eigenvalue weighted by atomic mass is 19.4. The van der Waals surface area contributed by atoms with Crippen molar-refractivity contribution in [3.8, 4) is 5.75 Å². The second kappa shape index (κ2) is 7.71. The van der Waals surface area contributed by atoms with Crippen LogP contribution in [0.5, 0.6) is 5.75 Å². The summed E-state index contributed by atoms with van der Waals surface area (Å²) in [5.74, 6) is -2.20. The van der Waals surface area contributed by atoms with Crippen LogP contribution >= 0.6 is 0 Å². The number of allylic oxidation sites excluding steroid dienone is 1. The Bertz CT molecular complexity index is 868. The van der Waals surface area contributed by atoms with Gasteiger partial charge in [-0.1, -0.05) is 37.6 Å². The first-order valence-electron chi connectivity index (χ1n) is 8.85. The first kappa shape index (κ1) is 19.4. The van der Waals surface area contributed by atoms with E-state index in [1.54, 1.807) is 12.1 Å². The van der Waals surface area contributed by atoms with E-state index >= 15 is 0 Å². The second-order valence-corrected chi connectivity index (χ2v) is 6.58. The average molecular weight is 382 g/mol. The van der Waals surface area contributed by atoms with Gasteiger partial charge in [-0.3, -0.25) is 0 Å². The summed E-state index contributed by atoms with van der Waals surface area (Å²) in [5.41, 5.74) is 2.66. The first-order valence-corrected chi connectivity index (χ1v) is 8.85. The van der Waals surface area contributed by atoms with Crippen molar-refractivity contribution in [2.75, 3.05) is 0 Å². The van der Waals surface area contributed by atoms with Crippen molar-refractivity contribution in [1.82, 2.24) is 0 Å². The van der Waals surface area contributed by atoms with Gasteiger partial charge in [-0.2, -0.15) is 0 Å². The number of aryl methyl sites for hydroxylation is 1. The van der Waals surface area contributed by atoms with Crippen LogP contribution in [0.1, 0.15) is 48.4 Å². The van der Waals surface area contributed by atoms with E-state index in [4.69, 9.17) is 0 Å². The molecule has 0 fully saturated rings. The zero-order chi connectivity index (χ0) is 19.6. The number of halogens is 5. The van der Waals surface area contributed by atoms with E-state index in [2.05, 4.69) is 11.7 Å². The lowest BCUT2D eigenvalue weighted by atomic mass is 9.87. The predicted molar refractivity (Wildman–Crippen MR) is 94.3 cm³/mol. The predicted octanol–water partition coefficient (Wildman–Crippen LogP) is 6.69. The summed E-state index contributed by atoms with van der Waals surface area (Å²) in [6.07, 6.45) is 0.0106. The fraction of sp³-hybridized carbons (Fsp3) is 0.333. The Kier molecular flexibility index (Phi) is 5.53. The molecule has 0 bridgehead atoms. The van der Waals surface area contributed by atoms with Crippen molar-refractivity contribution >= 4 is 11.6 Å². The van der Waals surface area contributed by atoms with Gasteiger partial charge in [-0.05, 0) is 60.1 Å². The molecule has 0 N–H and O–H groups in total. The summed E-state index contributed by atoms with van der Waals surface area (Å²) < 4.78 is 69.6. The molecule has 144 valence electrons. The van der Waals surface area contributed by atoms with Gasteiger partial charge in [0.15, 0.2) is 11.6 Å². The topological polar surface area (TPSA) is 9.23 Å². The highest BCUT2D eigenvalue weighted by molar-refractivity contribution is 5.85. The van der Waals surface area contributed by atoms with Crippen LogP contribution in [0.2, 0.25) is 0 Å². The maximum absolute atomic E-state index is 14.5. The Hall–Kier alpha value is -2.37. The van der Waals surface area contributed by atoms with E-state index in [0.29, 0.717) is 23.1 Å².